The van der Waals surface area contributed by atoms with Crippen molar-refractivity contribution in [2.45, 2.75) is 57.7 Å². The number of hydrogen-bond donors (Lipinski definition) is 2. The molecule has 1 saturated heterocycles. The van der Waals surface area contributed by atoms with Crippen molar-refractivity contribution in [1.82, 2.24) is 15.5 Å². The molecule has 2 atom stereocenters. The predicted octanol–water partition coefficient (Wildman–Crippen LogP) is 1.90. The third-order valence-electron chi connectivity index (χ3n) is 7.01. The highest BCUT2D eigenvalue weighted by molar-refractivity contribution is 6.24. The minimum absolute atomic E-state index is 0.0431. The summed E-state index contributed by atoms with van der Waals surface area (Å²) in [4.78, 5) is 63.2. The van der Waals surface area contributed by atoms with Crippen molar-refractivity contribution in [3.63, 3.8) is 0 Å². The zero-order chi connectivity index (χ0) is 27.7. The predicted molar refractivity (Wildman–Crippen MR) is 136 cm³/mol. The number of ether oxygens (including phenoxy) is 3. The van der Waals surface area contributed by atoms with Gasteiger partial charge < -0.3 is 19.5 Å². The number of piperidine rings is 1. The van der Waals surface area contributed by atoms with Crippen molar-refractivity contribution in [3.05, 3.63) is 52.6 Å². The van der Waals surface area contributed by atoms with E-state index in [1.54, 1.807) is 19.2 Å². The number of nitrogens with zero attached hydrogens (tertiary/aromatic N) is 1. The number of carbonyl (C=O) groups is 5. The van der Waals surface area contributed by atoms with Crippen LogP contribution in [0.5, 0.6) is 17.2 Å². The summed E-state index contributed by atoms with van der Waals surface area (Å²) in [7, 11) is 1.59. The summed E-state index contributed by atoms with van der Waals surface area (Å²) in [6.07, 6.45) is 1.60. The molecular formula is C28H29N3O8. The number of imide groups is 2. The Morgan fingerprint density at radius 1 is 1.15 bits per heavy atom. The number of rotatable bonds is 9. The minimum Gasteiger partial charge on any atom is -0.496 e. The van der Waals surface area contributed by atoms with Gasteiger partial charge in [0.25, 0.3) is 11.8 Å². The Hall–Kier alpha value is -4.41. The van der Waals surface area contributed by atoms with Crippen molar-refractivity contribution in [1.29, 1.82) is 0 Å². The molecule has 11 nitrogen and oxygen atoms in total. The molecule has 204 valence electrons. The van der Waals surface area contributed by atoms with Gasteiger partial charge in [0.15, 0.2) is 0 Å². The van der Waals surface area contributed by atoms with Gasteiger partial charge in [0.1, 0.15) is 29.4 Å². The Bertz CT molecular complexity index is 1370. The molecule has 0 radical (unpaired) electrons. The van der Waals surface area contributed by atoms with E-state index in [1.165, 1.54) is 6.07 Å². The Morgan fingerprint density at radius 2 is 1.97 bits per heavy atom. The van der Waals surface area contributed by atoms with E-state index < -0.39 is 29.7 Å². The number of nitrogens with one attached hydrogen (secondary N) is 2. The summed E-state index contributed by atoms with van der Waals surface area (Å²) in [5.74, 6) is -0.818. The highest BCUT2D eigenvalue weighted by Crippen LogP contribution is 2.35. The first-order chi connectivity index (χ1) is 18.8. The molecule has 0 spiro atoms. The van der Waals surface area contributed by atoms with Crippen LogP contribution in [0.3, 0.4) is 0 Å². The monoisotopic (exact) mass is 535 g/mol. The molecule has 11 heteroatoms. The molecular weight excluding hydrogens is 506 g/mol. The summed E-state index contributed by atoms with van der Waals surface area (Å²) < 4.78 is 17.1. The average Bonchev–Trinajstić information content (AvgIpc) is 3.40. The lowest BCUT2D eigenvalue weighted by atomic mass is 10.0. The first-order valence-corrected chi connectivity index (χ1v) is 12.9. The Balaban J connectivity index is 1.15. The molecule has 3 heterocycles. The van der Waals surface area contributed by atoms with E-state index in [9.17, 15) is 24.0 Å². The van der Waals surface area contributed by atoms with E-state index in [4.69, 9.17) is 14.2 Å². The summed E-state index contributed by atoms with van der Waals surface area (Å²) in [5.41, 5.74) is 2.12. The number of fused-ring (bicyclic) bond motifs is 2. The molecule has 2 aromatic carbocycles. The normalized spacial score (nSPS) is 19.8. The molecule has 2 aromatic rings. The van der Waals surface area contributed by atoms with Gasteiger partial charge in [-0.2, -0.15) is 0 Å². The van der Waals surface area contributed by atoms with Gasteiger partial charge in [-0.05, 0) is 44.0 Å². The highest BCUT2D eigenvalue weighted by atomic mass is 16.5. The number of methoxy groups -OCH3 is 1. The van der Waals surface area contributed by atoms with Crippen molar-refractivity contribution in [2.24, 2.45) is 0 Å². The van der Waals surface area contributed by atoms with Crippen LogP contribution in [0.2, 0.25) is 0 Å². The molecule has 3 aliphatic rings. The smallest absolute Gasteiger partial charge is 0.266 e. The lowest BCUT2D eigenvalue weighted by Gasteiger charge is -2.27. The van der Waals surface area contributed by atoms with Crippen molar-refractivity contribution < 1.29 is 38.2 Å². The molecule has 2 unspecified atom stereocenters. The highest BCUT2D eigenvalue weighted by Gasteiger charge is 2.46. The summed E-state index contributed by atoms with van der Waals surface area (Å²) >= 11 is 0. The van der Waals surface area contributed by atoms with Crippen molar-refractivity contribution in [2.75, 3.05) is 13.7 Å². The maximum Gasteiger partial charge on any atom is 0.266 e. The van der Waals surface area contributed by atoms with Crippen LogP contribution in [0, 0.1) is 0 Å². The fourth-order valence-corrected chi connectivity index (χ4v) is 5.11. The van der Waals surface area contributed by atoms with E-state index >= 15 is 0 Å². The van der Waals surface area contributed by atoms with E-state index in [0.717, 1.165) is 28.2 Å². The fourth-order valence-electron chi connectivity index (χ4n) is 5.11. The van der Waals surface area contributed by atoms with Crippen LogP contribution in [0.15, 0.2) is 30.3 Å². The molecule has 2 N–H and O–H groups in total. The van der Waals surface area contributed by atoms with Gasteiger partial charge in [0.2, 0.25) is 17.7 Å². The average molecular weight is 536 g/mol. The summed E-state index contributed by atoms with van der Waals surface area (Å²) in [5, 5.41) is 5.06. The molecule has 39 heavy (non-hydrogen) atoms. The van der Waals surface area contributed by atoms with Crippen LogP contribution in [0.4, 0.5) is 0 Å². The largest absolute Gasteiger partial charge is 0.496 e. The first-order valence-electron chi connectivity index (χ1n) is 12.9. The molecule has 5 amide bonds. The maximum absolute atomic E-state index is 13.1. The second-order valence-electron chi connectivity index (χ2n) is 9.76. The maximum atomic E-state index is 13.1. The number of benzene rings is 2. The zero-order valence-corrected chi connectivity index (χ0v) is 21.7. The summed E-state index contributed by atoms with van der Waals surface area (Å²) in [6.45, 7) is 2.42. The van der Waals surface area contributed by atoms with Crippen LogP contribution >= 0.6 is 0 Å². The quantitative estimate of drug-likeness (QED) is 0.367. The van der Waals surface area contributed by atoms with Crippen molar-refractivity contribution in [3.8, 4) is 17.2 Å². The zero-order valence-electron chi connectivity index (χ0n) is 21.7. The topological polar surface area (TPSA) is 140 Å². The Kier molecular flexibility index (Phi) is 7.23. The third kappa shape index (κ3) is 5.16. The fraction of sp³-hybridized carbons (Fsp3) is 0.393. The van der Waals surface area contributed by atoms with Gasteiger partial charge in [-0.15, -0.1) is 0 Å². The van der Waals surface area contributed by atoms with Gasteiger partial charge >= 0.3 is 0 Å². The van der Waals surface area contributed by atoms with Crippen LogP contribution in [0.1, 0.15) is 64.4 Å². The van der Waals surface area contributed by atoms with Crippen molar-refractivity contribution >= 4 is 29.5 Å². The number of amides is 5. The van der Waals surface area contributed by atoms with E-state index in [0.29, 0.717) is 12.2 Å². The number of carbonyl (C=O) groups excluding carboxylic acids is 5. The standard InChI is InChI=1S/C28H29N3O8/c1-15-11-16-12-21(37-2)17(13-22(16)39-15)14-29-23(32)7-4-10-38-20-6-3-5-18-25(20)28(36)31(27(18)35)19-8-9-24(33)30-26(19)34/h3,5-6,12-13,15,19H,4,7-11,14H2,1-2H3,(H,29,32)(H,30,33,34). The van der Waals surface area contributed by atoms with Gasteiger partial charge in [0, 0.05) is 36.9 Å². The minimum atomic E-state index is -1.05. The van der Waals surface area contributed by atoms with Crippen LogP contribution < -0.4 is 24.8 Å². The van der Waals surface area contributed by atoms with Gasteiger partial charge in [-0.25, -0.2) is 0 Å². The second kappa shape index (κ2) is 10.8. The van der Waals surface area contributed by atoms with Crippen LogP contribution in [-0.4, -0.2) is 60.3 Å². The van der Waals surface area contributed by atoms with Crippen LogP contribution in [-0.2, 0) is 27.3 Å². The first kappa shape index (κ1) is 26.2. The molecule has 3 aliphatic heterocycles. The molecule has 1 fully saturated rings. The van der Waals surface area contributed by atoms with Crippen LogP contribution in [0.25, 0.3) is 0 Å². The molecule has 0 saturated carbocycles. The lowest BCUT2D eigenvalue weighted by molar-refractivity contribution is -0.136. The molecule has 5 rings (SSSR count). The van der Waals surface area contributed by atoms with E-state index in [2.05, 4.69) is 10.6 Å². The SMILES string of the molecule is COc1cc2c(cc1CNC(=O)CCCOc1cccc3c1C(=O)N(C1CCC(=O)NC1=O)C3=O)OC(C)C2. The summed E-state index contributed by atoms with van der Waals surface area (Å²) in [6, 6.07) is 7.45. The molecule has 0 bridgehead atoms. The molecule has 0 aliphatic carbocycles. The lowest BCUT2D eigenvalue weighted by Crippen LogP contribution is -2.54. The Morgan fingerprint density at radius 3 is 2.74 bits per heavy atom. The Labute approximate surface area is 224 Å². The van der Waals surface area contributed by atoms with Gasteiger partial charge in [-0.3, -0.25) is 34.2 Å². The van der Waals surface area contributed by atoms with E-state index in [-0.39, 0.29) is 61.3 Å². The van der Waals surface area contributed by atoms with E-state index in [1.807, 2.05) is 19.1 Å². The number of hydrogen-bond acceptors (Lipinski definition) is 8. The molecule has 0 aromatic heterocycles. The second-order valence-corrected chi connectivity index (χ2v) is 9.76. The third-order valence-corrected chi connectivity index (χ3v) is 7.01. The van der Waals surface area contributed by atoms with Gasteiger partial charge in [0.05, 0.1) is 24.8 Å². The van der Waals surface area contributed by atoms with Gasteiger partial charge in [-0.1, -0.05) is 6.07 Å².